The molecule has 1 heterocycles. The quantitative estimate of drug-likeness (QED) is 0.409. The van der Waals surface area contributed by atoms with E-state index in [1.165, 1.54) is 18.9 Å². The maximum atomic E-state index is 13.2. The molecule has 0 saturated carbocycles. The van der Waals surface area contributed by atoms with Gasteiger partial charge in [-0.3, -0.25) is 4.79 Å². The summed E-state index contributed by atoms with van der Waals surface area (Å²) in [4.78, 5) is 24.8. The zero-order valence-electron chi connectivity index (χ0n) is 14.1. The average molecular weight is 422 g/mol. The van der Waals surface area contributed by atoms with Crippen molar-refractivity contribution >= 4 is 50.4 Å². The van der Waals surface area contributed by atoms with E-state index in [1.54, 1.807) is 0 Å². The van der Waals surface area contributed by atoms with Crippen LogP contribution in [0.1, 0.15) is 19.8 Å². The van der Waals surface area contributed by atoms with Crippen LogP contribution in [0, 0.1) is 5.82 Å². The van der Waals surface area contributed by atoms with Gasteiger partial charge in [-0.25, -0.2) is 17.6 Å². The number of likely N-dealkylation sites (tertiary alicyclic amines) is 1. The maximum Gasteiger partial charge on any atom is 0.328 e. The molecule has 0 N–H and O–H groups in total. The molecule has 0 aliphatic carbocycles. The fraction of sp³-hybridized carbons (Fsp3) is 0.438. The number of benzene rings is 1. The van der Waals surface area contributed by atoms with Crippen molar-refractivity contribution in [3.8, 4) is 0 Å². The molecule has 2 rings (SSSR count). The summed E-state index contributed by atoms with van der Waals surface area (Å²) in [7, 11) is -2.76. The van der Waals surface area contributed by atoms with Gasteiger partial charge >= 0.3 is 5.97 Å². The number of hydrogen-bond acceptors (Lipinski definition) is 6. The fourth-order valence-corrected chi connectivity index (χ4v) is 5.49. The van der Waals surface area contributed by atoms with Crippen molar-refractivity contribution in [2.24, 2.45) is 0 Å². The number of esters is 1. The zero-order chi connectivity index (χ0) is 19.6. The summed E-state index contributed by atoms with van der Waals surface area (Å²) in [5.74, 6) is -1.50. The van der Waals surface area contributed by atoms with Gasteiger partial charge in [0.2, 0.25) is 0 Å². The van der Waals surface area contributed by atoms with Gasteiger partial charge in [0, 0.05) is 6.54 Å². The Hall–Kier alpha value is -1.58. The van der Waals surface area contributed by atoms with Gasteiger partial charge in [0.05, 0.1) is 33.7 Å². The third-order valence-electron chi connectivity index (χ3n) is 4.10. The summed E-state index contributed by atoms with van der Waals surface area (Å²) in [6.45, 7) is 1.27. The number of methoxy groups -OCH3 is 1. The molecule has 1 aromatic carbocycles. The van der Waals surface area contributed by atoms with Gasteiger partial charge in [0.1, 0.15) is 17.6 Å². The molecule has 0 spiro atoms. The molecule has 1 saturated heterocycles. The van der Waals surface area contributed by atoms with Crippen molar-refractivity contribution in [1.82, 2.24) is 4.90 Å². The minimum Gasteiger partial charge on any atom is -0.467 e. The highest BCUT2D eigenvalue weighted by Gasteiger charge is 2.45. The van der Waals surface area contributed by atoms with Crippen LogP contribution in [0.2, 0.25) is 5.02 Å². The van der Waals surface area contributed by atoms with Crippen LogP contribution in [0.25, 0.3) is 0 Å². The standard InChI is InChI=1S/C16H17ClFNO5S2/c1-9(20)5-15(25)19-8-11(7-13(19)16(21)24-2)26(22,23)14-4-3-10(18)6-12(14)17/h3-4,6,11,13H,5,7-8H2,1-2H3. The fourth-order valence-electron chi connectivity index (χ4n) is 2.86. The summed E-state index contributed by atoms with van der Waals surface area (Å²) in [6, 6.07) is 2.10. The number of carbonyl (C=O) groups excluding carboxylic acids is 2. The van der Waals surface area contributed by atoms with Crippen molar-refractivity contribution < 1.29 is 27.1 Å². The maximum absolute atomic E-state index is 13.2. The number of sulfone groups is 1. The van der Waals surface area contributed by atoms with E-state index < -0.39 is 32.9 Å². The summed E-state index contributed by atoms with van der Waals surface area (Å²) >= 11 is 11.1. The summed E-state index contributed by atoms with van der Waals surface area (Å²) < 4.78 is 43.8. The first-order valence-corrected chi connectivity index (χ1v) is 9.96. The number of carbonyl (C=O) groups is 2. The van der Waals surface area contributed by atoms with E-state index in [2.05, 4.69) is 0 Å². The second-order valence-electron chi connectivity index (χ2n) is 5.94. The van der Waals surface area contributed by atoms with E-state index in [0.717, 1.165) is 18.2 Å². The van der Waals surface area contributed by atoms with Crippen molar-refractivity contribution in [2.45, 2.75) is 36.0 Å². The lowest BCUT2D eigenvalue weighted by molar-refractivity contribution is -0.144. The van der Waals surface area contributed by atoms with Gasteiger partial charge in [0.15, 0.2) is 9.84 Å². The molecule has 1 aliphatic rings. The van der Waals surface area contributed by atoms with E-state index in [4.69, 9.17) is 28.6 Å². The Morgan fingerprint density at radius 3 is 2.62 bits per heavy atom. The molecular formula is C16H17ClFNO5S2. The van der Waals surface area contributed by atoms with Crippen LogP contribution in [0.4, 0.5) is 4.39 Å². The molecule has 0 bridgehead atoms. The molecule has 1 fully saturated rings. The van der Waals surface area contributed by atoms with Crippen LogP contribution < -0.4 is 0 Å². The molecule has 2 atom stereocenters. The molecule has 0 radical (unpaired) electrons. The third-order valence-corrected chi connectivity index (χ3v) is 7.09. The summed E-state index contributed by atoms with van der Waals surface area (Å²) in [5.41, 5.74) is 0. The van der Waals surface area contributed by atoms with Crippen molar-refractivity contribution in [3.05, 3.63) is 29.0 Å². The number of ketones is 1. The van der Waals surface area contributed by atoms with Gasteiger partial charge in [-0.05, 0) is 31.5 Å². The van der Waals surface area contributed by atoms with E-state index in [9.17, 15) is 22.4 Å². The molecule has 6 nitrogen and oxygen atoms in total. The Kier molecular flexibility index (Phi) is 6.36. The molecule has 0 amide bonds. The second-order valence-corrected chi connectivity index (χ2v) is 9.02. The second kappa shape index (κ2) is 7.98. The Bertz CT molecular complexity index is 858. The zero-order valence-corrected chi connectivity index (χ0v) is 16.5. The van der Waals surface area contributed by atoms with Crippen LogP contribution in [0.3, 0.4) is 0 Å². The minimum absolute atomic E-state index is 0.0687. The monoisotopic (exact) mass is 421 g/mol. The first kappa shape index (κ1) is 20.7. The van der Waals surface area contributed by atoms with E-state index in [0.29, 0.717) is 0 Å². The third kappa shape index (κ3) is 4.21. The first-order valence-electron chi connectivity index (χ1n) is 7.63. The predicted octanol–water partition coefficient (Wildman–Crippen LogP) is 2.18. The van der Waals surface area contributed by atoms with Crippen molar-refractivity contribution in [1.29, 1.82) is 0 Å². The van der Waals surface area contributed by atoms with Gasteiger partial charge in [-0.15, -0.1) is 0 Å². The highest BCUT2D eigenvalue weighted by molar-refractivity contribution is 7.92. The average Bonchev–Trinajstić information content (AvgIpc) is 2.99. The molecule has 1 aliphatic heterocycles. The summed E-state index contributed by atoms with van der Waals surface area (Å²) in [5, 5.41) is -1.23. The number of rotatable bonds is 5. The normalized spacial score (nSPS) is 20.1. The van der Waals surface area contributed by atoms with Gasteiger partial charge in [0.25, 0.3) is 0 Å². The van der Waals surface area contributed by atoms with Crippen LogP contribution >= 0.6 is 23.8 Å². The molecule has 0 aromatic heterocycles. The van der Waals surface area contributed by atoms with Crippen LogP contribution in [0.5, 0.6) is 0 Å². The smallest absolute Gasteiger partial charge is 0.328 e. The van der Waals surface area contributed by atoms with Crippen LogP contribution in [-0.2, 0) is 24.2 Å². The van der Waals surface area contributed by atoms with Crippen molar-refractivity contribution in [2.75, 3.05) is 13.7 Å². The predicted molar refractivity (Wildman–Crippen MR) is 97.4 cm³/mol. The van der Waals surface area contributed by atoms with Crippen LogP contribution in [0.15, 0.2) is 23.1 Å². The number of Topliss-reactive ketones (excluding diaryl/α,β-unsaturated/α-hetero) is 1. The number of ether oxygens (including phenoxy) is 1. The number of nitrogens with zero attached hydrogens (tertiary/aromatic N) is 1. The molecule has 10 heteroatoms. The molecular weight excluding hydrogens is 405 g/mol. The summed E-state index contributed by atoms with van der Waals surface area (Å²) in [6.07, 6.45) is -0.145. The lowest BCUT2D eigenvalue weighted by Crippen LogP contribution is -2.41. The van der Waals surface area contributed by atoms with Gasteiger partial charge in [-0.2, -0.15) is 0 Å². The number of halogens is 2. The molecule has 2 unspecified atom stereocenters. The minimum atomic E-state index is -3.95. The lowest BCUT2D eigenvalue weighted by atomic mass is 10.2. The first-order chi connectivity index (χ1) is 12.1. The molecule has 1 aromatic rings. The van der Waals surface area contributed by atoms with E-state index in [-0.39, 0.29) is 40.1 Å². The van der Waals surface area contributed by atoms with Crippen LogP contribution in [-0.4, -0.2) is 55.0 Å². The van der Waals surface area contributed by atoms with Gasteiger partial charge < -0.3 is 9.64 Å². The number of thiocarbonyl (C=S) groups is 1. The lowest BCUT2D eigenvalue weighted by Gasteiger charge is -2.24. The Balaban J connectivity index is 2.36. The molecule has 142 valence electrons. The SMILES string of the molecule is COC(=O)C1CC(S(=O)(=O)c2ccc(F)cc2Cl)CN1C(=S)CC(C)=O. The Morgan fingerprint density at radius 1 is 1.42 bits per heavy atom. The highest BCUT2D eigenvalue weighted by Crippen LogP contribution is 2.33. The number of hydrogen-bond donors (Lipinski definition) is 0. The topological polar surface area (TPSA) is 80.8 Å². The Labute approximate surface area is 161 Å². The van der Waals surface area contributed by atoms with Crippen molar-refractivity contribution in [3.63, 3.8) is 0 Å². The molecule has 26 heavy (non-hydrogen) atoms. The Morgan fingerprint density at radius 2 is 2.08 bits per heavy atom. The van der Waals surface area contributed by atoms with E-state index >= 15 is 0 Å². The van der Waals surface area contributed by atoms with E-state index in [1.807, 2.05) is 0 Å². The largest absolute Gasteiger partial charge is 0.467 e. The van der Waals surface area contributed by atoms with Gasteiger partial charge in [-0.1, -0.05) is 23.8 Å². The highest BCUT2D eigenvalue weighted by atomic mass is 35.5.